The lowest BCUT2D eigenvalue weighted by Crippen LogP contribution is -2.14. The Balaban J connectivity index is 2.61. The molecule has 0 saturated heterocycles. The topological polar surface area (TPSA) is 67.8 Å². The zero-order valence-corrected chi connectivity index (χ0v) is 8.74. The third-order valence-electron chi connectivity index (χ3n) is 1.89. The first-order valence-electron chi connectivity index (χ1n) is 4.70. The number of amidine groups is 1. The van der Waals surface area contributed by atoms with E-state index < -0.39 is 19.2 Å². The minimum atomic E-state index is -4.25. The molecule has 0 amide bonds. The van der Waals surface area contributed by atoms with Gasteiger partial charge in [0.15, 0.2) is 5.84 Å². The molecule has 0 radical (unpaired) electrons. The standard InChI is InChI=1S/C10H11F3N2O2/c11-10(12,13)4-5-17-8-3-1-2-7(6-8)9(14)15-16/h1-3,6,16H,4-5H2,(H2,14,15). The van der Waals surface area contributed by atoms with E-state index in [1.807, 2.05) is 0 Å². The van der Waals surface area contributed by atoms with Crippen LogP contribution in [0.1, 0.15) is 12.0 Å². The van der Waals surface area contributed by atoms with E-state index >= 15 is 0 Å². The van der Waals surface area contributed by atoms with E-state index in [0.717, 1.165) is 0 Å². The molecular weight excluding hydrogens is 237 g/mol. The molecule has 0 saturated carbocycles. The van der Waals surface area contributed by atoms with Crippen LogP contribution >= 0.6 is 0 Å². The Bertz CT molecular complexity index is 405. The highest BCUT2D eigenvalue weighted by Crippen LogP contribution is 2.20. The summed E-state index contributed by atoms with van der Waals surface area (Å²) in [5.74, 6) is 0.102. The molecule has 0 atom stereocenters. The maximum Gasteiger partial charge on any atom is 0.392 e. The van der Waals surface area contributed by atoms with Gasteiger partial charge in [-0.15, -0.1) is 0 Å². The van der Waals surface area contributed by atoms with Crippen molar-refractivity contribution >= 4 is 5.84 Å². The Hall–Kier alpha value is -1.92. The fourth-order valence-corrected chi connectivity index (χ4v) is 1.09. The predicted octanol–water partition coefficient (Wildman–Crippen LogP) is 2.11. The van der Waals surface area contributed by atoms with Crippen molar-refractivity contribution in [1.29, 1.82) is 0 Å². The fraction of sp³-hybridized carbons (Fsp3) is 0.300. The number of nitrogens with two attached hydrogens (primary N) is 1. The molecule has 0 aromatic heterocycles. The van der Waals surface area contributed by atoms with Crippen molar-refractivity contribution in [1.82, 2.24) is 0 Å². The molecule has 1 aromatic carbocycles. The average molecular weight is 248 g/mol. The number of hydrogen-bond acceptors (Lipinski definition) is 3. The van der Waals surface area contributed by atoms with Crippen LogP contribution in [-0.2, 0) is 0 Å². The first-order chi connectivity index (χ1) is 7.92. The Morgan fingerprint density at radius 3 is 2.71 bits per heavy atom. The van der Waals surface area contributed by atoms with Crippen molar-refractivity contribution < 1.29 is 23.1 Å². The Kier molecular flexibility index (Phi) is 4.19. The van der Waals surface area contributed by atoms with Crippen LogP contribution in [0.15, 0.2) is 29.4 Å². The molecule has 0 aliphatic rings. The van der Waals surface area contributed by atoms with Gasteiger partial charge in [-0.3, -0.25) is 0 Å². The number of halogens is 3. The summed E-state index contributed by atoms with van der Waals surface area (Å²) in [6.07, 6.45) is -5.27. The monoisotopic (exact) mass is 248 g/mol. The van der Waals surface area contributed by atoms with E-state index in [-0.39, 0.29) is 11.6 Å². The Morgan fingerprint density at radius 1 is 1.41 bits per heavy atom. The molecule has 4 nitrogen and oxygen atoms in total. The van der Waals surface area contributed by atoms with E-state index in [1.165, 1.54) is 18.2 Å². The molecule has 17 heavy (non-hydrogen) atoms. The van der Waals surface area contributed by atoms with Crippen molar-refractivity contribution in [3.8, 4) is 5.75 Å². The fourth-order valence-electron chi connectivity index (χ4n) is 1.09. The molecule has 0 heterocycles. The molecule has 1 aromatic rings. The lowest BCUT2D eigenvalue weighted by molar-refractivity contribution is -0.139. The second kappa shape index (κ2) is 5.42. The highest BCUT2D eigenvalue weighted by atomic mass is 19.4. The largest absolute Gasteiger partial charge is 0.493 e. The number of nitrogens with zero attached hydrogens (tertiary/aromatic N) is 1. The van der Waals surface area contributed by atoms with Crippen LogP contribution in [0.25, 0.3) is 0 Å². The highest BCUT2D eigenvalue weighted by Gasteiger charge is 2.26. The van der Waals surface area contributed by atoms with Gasteiger partial charge in [-0.05, 0) is 12.1 Å². The van der Waals surface area contributed by atoms with Crippen LogP contribution in [0.4, 0.5) is 13.2 Å². The summed E-state index contributed by atoms with van der Waals surface area (Å²) in [6, 6.07) is 5.97. The zero-order chi connectivity index (χ0) is 12.9. The molecule has 0 aliphatic heterocycles. The number of hydrogen-bond donors (Lipinski definition) is 2. The van der Waals surface area contributed by atoms with Crippen LogP contribution in [0.2, 0.25) is 0 Å². The van der Waals surface area contributed by atoms with Crippen LogP contribution < -0.4 is 10.5 Å². The molecule has 0 spiro atoms. The SMILES string of the molecule is NC(=NO)c1cccc(OCCC(F)(F)F)c1. The summed E-state index contributed by atoms with van der Waals surface area (Å²) in [6.45, 7) is -0.469. The van der Waals surface area contributed by atoms with Crippen molar-refractivity contribution in [2.45, 2.75) is 12.6 Å². The van der Waals surface area contributed by atoms with Crippen LogP contribution in [0.5, 0.6) is 5.75 Å². The number of rotatable bonds is 4. The maximum absolute atomic E-state index is 11.9. The Morgan fingerprint density at radius 2 is 2.12 bits per heavy atom. The van der Waals surface area contributed by atoms with E-state index in [9.17, 15) is 13.2 Å². The van der Waals surface area contributed by atoms with Gasteiger partial charge in [0.2, 0.25) is 0 Å². The van der Waals surface area contributed by atoms with Gasteiger partial charge < -0.3 is 15.7 Å². The summed E-state index contributed by atoms with van der Waals surface area (Å²) >= 11 is 0. The Labute approximate surface area is 95.5 Å². The summed E-state index contributed by atoms with van der Waals surface area (Å²) in [4.78, 5) is 0. The summed E-state index contributed by atoms with van der Waals surface area (Å²) in [7, 11) is 0. The quantitative estimate of drug-likeness (QED) is 0.371. The normalized spacial score (nSPS) is 12.5. The molecule has 0 fully saturated rings. The first-order valence-corrected chi connectivity index (χ1v) is 4.70. The minimum absolute atomic E-state index is 0.133. The number of alkyl halides is 3. The second-order valence-electron chi connectivity index (χ2n) is 3.23. The zero-order valence-electron chi connectivity index (χ0n) is 8.74. The molecule has 3 N–H and O–H groups in total. The number of benzene rings is 1. The average Bonchev–Trinajstić information content (AvgIpc) is 2.27. The molecule has 0 unspecified atom stereocenters. The van der Waals surface area contributed by atoms with Gasteiger partial charge in [-0.1, -0.05) is 17.3 Å². The summed E-state index contributed by atoms with van der Waals surface area (Å²) < 4.78 is 40.5. The van der Waals surface area contributed by atoms with Crippen molar-refractivity contribution in [3.63, 3.8) is 0 Å². The van der Waals surface area contributed by atoms with Crippen LogP contribution in [0, 0.1) is 0 Å². The van der Waals surface area contributed by atoms with E-state index in [2.05, 4.69) is 5.16 Å². The van der Waals surface area contributed by atoms with E-state index in [0.29, 0.717) is 5.56 Å². The van der Waals surface area contributed by atoms with Crippen LogP contribution in [0.3, 0.4) is 0 Å². The van der Waals surface area contributed by atoms with Gasteiger partial charge in [-0.25, -0.2) is 0 Å². The number of oxime groups is 1. The number of ether oxygens (including phenoxy) is 1. The summed E-state index contributed by atoms with van der Waals surface area (Å²) in [5, 5.41) is 11.2. The van der Waals surface area contributed by atoms with Crippen molar-refractivity contribution in [3.05, 3.63) is 29.8 Å². The van der Waals surface area contributed by atoms with Crippen molar-refractivity contribution in [2.75, 3.05) is 6.61 Å². The lowest BCUT2D eigenvalue weighted by Gasteiger charge is -2.09. The highest BCUT2D eigenvalue weighted by molar-refractivity contribution is 5.97. The van der Waals surface area contributed by atoms with E-state index in [1.54, 1.807) is 6.07 Å². The molecular formula is C10H11F3N2O2. The van der Waals surface area contributed by atoms with Crippen molar-refractivity contribution in [2.24, 2.45) is 10.9 Å². The summed E-state index contributed by atoms with van der Waals surface area (Å²) in [5.41, 5.74) is 5.70. The molecule has 1 rings (SSSR count). The van der Waals surface area contributed by atoms with Gasteiger partial charge in [-0.2, -0.15) is 13.2 Å². The third kappa shape index (κ3) is 4.62. The predicted molar refractivity (Wildman–Crippen MR) is 55.1 cm³/mol. The van der Waals surface area contributed by atoms with Gasteiger partial charge >= 0.3 is 6.18 Å². The molecule has 94 valence electrons. The first kappa shape index (κ1) is 13.1. The van der Waals surface area contributed by atoms with Gasteiger partial charge in [0.05, 0.1) is 13.0 Å². The third-order valence-corrected chi connectivity index (χ3v) is 1.89. The maximum atomic E-state index is 11.9. The molecule has 0 bridgehead atoms. The molecule has 0 aliphatic carbocycles. The van der Waals surface area contributed by atoms with E-state index in [4.69, 9.17) is 15.7 Å². The minimum Gasteiger partial charge on any atom is -0.493 e. The molecule has 7 heteroatoms. The van der Waals surface area contributed by atoms with Gasteiger partial charge in [0, 0.05) is 5.56 Å². The van der Waals surface area contributed by atoms with Gasteiger partial charge in [0.1, 0.15) is 5.75 Å². The second-order valence-corrected chi connectivity index (χ2v) is 3.23. The smallest absolute Gasteiger partial charge is 0.392 e. The van der Waals surface area contributed by atoms with Crippen LogP contribution in [-0.4, -0.2) is 23.8 Å². The lowest BCUT2D eigenvalue weighted by atomic mass is 10.2. The van der Waals surface area contributed by atoms with Gasteiger partial charge in [0.25, 0.3) is 0 Å².